The second-order valence-electron chi connectivity index (χ2n) is 11.9. The number of methoxy groups -OCH3 is 1. The molecular weight excluding hydrogens is 569 g/mol. The first-order valence-electron chi connectivity index (χ1n) is 13.9. The van der Waals surface area contributed by atoms with E-state index in [0.29, 0.717) is 31.1 Å². The van der Waals surface area contributed by atoms with Gasteiger partial charge < -0.3 is 23.9 Å². The fraction of sp³-hybridized carbons (Fsp3) is 0.375. The molecule has 1 aliphatic rings. The van der Waals surface area contributed by atoms with E-state index in [1.807, 2.05) is 35.7 Å². The van der Waals surface area contributed by atoms with Crippen LogP contribution in [-0.4, -0.2) is 56.6 Å². The number of nitrogens with one attached hydrogen (secondary N) is 1. The summed E-state index contributed by atoms with van der Waals surface area (Å²) in [5.41, 5.74) is 3.59. The Morgan fingerprint density at radius 2 is 1.86 bits per heavy atom. The van der Waals surface area contributed by atoms with Gasteiger partial charge in [0.25, 0.3) is 5.91 Å². The summed E-state index contributed by atoms with van der Waals surface area (Å²) >= 11 is 1.64. The van der Waals surface area contributed by atoms with E-state index in [-0.39, 0.29) is 34.8 Å². The van der Waals surface area contributed by atoms with E-state index < -0.39 is 14.4 Å². The summed E-state index contributed by atoms with van der Waals surface area (Å²) in [5.74, 6) is 0.361. The van der Waals surface area contributed by atoms with Crippen molar-refractivity contribution in [1.29, 1.82) is 0 Å². The predicted molar refractivity (Wildman–Crippen MR) is 170 cm³/mol. The molecule has 2 heterocycles. The lowest BCUT2D eigenvalue weighted by atomic mass is 9.95. The van der Waals surface area contributed by atoms with Gasteiger partial charge in [-0.15, -0.1) is 0 Å². The van der Waals surface area contributed by atoms with Crippen LogP contribution in [0.25, 0.3) is 5.57 Å². The Hall–Kier alpha value is -3.60. The standard InChI is InChI=1S/C32H40N2O6SSi/c1-32(2,3)42(5,6)40-20-25-16-23(24-13-15-41-21-24)12-14-34(25)30(35)26-17-28(38-4)29(18-27(26)33-31(36)37)39-19-22-10-8-7-9-11-22/h7-13,15,17-18,21,25,33H,14,16,19-20H2,1-6H3,(H,36,37). The Labute approximate surface area is 253 Å². The minimum Gasteiger partial charge on any atom is -0.493 e. The molecule has 0 radical (unpaired) electrons. The molecule has 0 bridgehead atoms. The topological polar surface area (TPSA) is 97.3 Å². The van der Waals surface area contributed by atoms with Crippen LogP contribution in [0.4, 0.5) is 10.5 Å². The first kappa shape index (κ1) is 31.3. The summed E-state index contributed by atoms with van der Waals surface area (Å²) < 4.78 is 18.2. The molecule has 1 atom stereocenters. The van der Waals surface area contributed by atoms with Crippen LogP contribution < -0.4 is 14.8 Å². The number of anilines is 1. The number of hydrogen-bond donors (Lipinski definition) is 2. The maximum absolute atomic E-state index is 14.2. The number of benzene rings is 2. The average molecular weight is 609 g/mol. The van der Waals surface area contributed by atoms with Gasteiger partial charge in [-0.1, -0.05) is 57.2 Å². The zero-order valence-electron chi connectivity index (χ0n) is 25.1. The lowest BCUT2D eigenvalue weighted by Crippen LogP contribution is -2.49. The van der Waals surface area contributed by atoms with E-state index in [4.69, 9.17) is 13.9 Å². The van der Waals surface area contributed by atoms with Crippen molar-refractivity contribution in [3.63, 3.8) is 0 Å². The number of nitrogens with zero attached hydrogens (tertiary/aromatic N) is 1. The molecule has 0 saturated carbocycles. The van der Waals surface area contributed by atoms with Gasteiger partial charge in [0.1, 0.15) is 6.61 Å². The number of hydrogen-bond acceptors (Lipinski definition) is 6. The molecule has 224 valence electrons. The quantitative estimate of drug-likeness (QED) is 0.229. The van der Waals surface area contributed by atoms with Crippen molar-refractivity contribution in [2.75, 3.05) is 25.6 Å². The number of carbonyl (C=O) groups is 2. The van der Waals surface area contributed by atoms with Crippen LogP contribution in [0.1, 0.15) is 48.7 Å². The maximum atomic E-state index is 14.2. The van der Waals surface area contributed by atoms with E-state index >= 15 is 0 Å². The van der Waals surface area contributed by atoms with Crippen molar-refractivity contribution < 1.29 is 28.6 Å². The van der Waals surface area contributed by atoms with Crippen molar-refractivity contribution in [3.05, 3.63) is 82.1 Å². The van der Waals surface area contributed by atoms with Gasteiger partial charge in [-0.3, -0.25) is 10.1 Å². The number of carbonyl (C=O) groups excluding carboxylic acids is 1. The van der Waals surface area contributed by atoms with Gasteiger partial charge in [0.15, 0.2) is 19.8 Å². The molecule has 4 rings (SSSR count). The van der Waals surface area contributed by atoms with Gasteiger partial charge in [0, 0.05) is 12.6 Å². The Balaban J connectivity index is 1.67. The SMILES string of the molecule is COc1cc(C(=O)N2CC=C(c3ccsc3)CC2CO[Si](C)(C)C(C)(C)C)c(NC(=O)O)cc1OCc1ccccc1. The van der Waals surface area contributed by atoms with Gasteiger partial charge >= 0.3 is 6.09 Å². The van der Waals surface area contributed by atoms with Crippen LogP contribution in [0.2, 0.25) is 18.1 Å². The second-order valence-corrected chi connectivity index (χ2v) is 17.5. The summed E-state index contributed by atoms with van der Waals surface area (Å²) in [6.07, 6.45) is 1.43. The van der Waals surface area contributed by atoms with Gasteiger partial charge in [-0.05, 0) is 64.1 Å². The van der Waals surface area contributed by atoms with Gasteiger partial charge in [0.05, 0.1) is 31.0 Å². The number of carboxylic acid groups (broad SMARTS) is 1. The highest BCUT2D eigenvalue weighted by Crippen LogP contribution is 2.39. The van der Waals surface area contributed by atoms with Crippen molar-refractivity contribution >= 4 is 42.9 Å². The van der Waals surface area contributed by atoms with Crippen molar-refractivity contribution in [1.82, 2.24) is 4.90 Å². The third kappa shape index (κ3) is 7.42. The molecule has 1 aromatic heterocycles. The normalized spacial score (nSPS) is 15.6. The van der Waals surface area contributed by atoms with E-state index in [1.165, 1.54) is 18.7 Å². The van der Waals surface area contributed by atoms with Crippen molar-refractivity contribution in [2.24, 2.45) is 0 Å². The largest absolute Gasteiger partial charge is 0.493 e. The lowest BCUT2D eigenvalue weighted by molar-refractivity contribution is 0.0627. The molecule has 8 nitrogen and oxygen atoms in total. The molecular formula is C32H40N2O6SSi. The minimum absolute atomic E-state index is 0.0179. The maximum Gasteiger partial charge on any atom is 0.409 e. The fourth-order valence-corrected chi connectivity index (χ4v) is 6.25. The number of ether oxygens (including phenoxy) is 2. The molecule has 42 heavy (non-hydrogen) atoms. The van der Waals surface area contributed by atoms with E-state index in [9.17, 15) is 14.7 Å². The van der Waals surface area contributed by atoms with E-state index in [1.54, 1.807) is 22.3 Å². The highest BCUT2D eigenvalue weighted by molar-refractivity contribution is 7.08. The molecule has 0 spiro atoms. The molecule has 10 heteroatoms. The van der Waals surface area contributed by atoms with Gasteiger partial charge in [-0.2, -0.15) is 11.3 Å². The Bertz CT molecular complexity index is 1420. The molecule has 0 aliphatic carbocycles. The lowest BCUT2D eigenvalue weighted by Gasteiger charge is -2.41. The third-order valence-electron chi connectivity index (χ3n) is 8.04. The molecule has 2 amide bonds. The third-order valence-corrected chi connectivity index (χ3v) is 13.2. The van der Waals surface area contributed by atoms with Crippen molar-refractivity contribution in [2.45, 2.75) is 58.0 Å². The minimum atomic E-state index is -2.09. The summed E-state index contributed by atoms with van der Waals surface area (Å²) in [6, 6.07) is 14.5. The number of rotatable bonds is 10. The zero-order valence-corrected chi connectivity index (χ0v) is 26.9. The Morgan fingerprint density at radius 3 is 2.48 bits per heavy atom. The first-order chi connectivity index (χ1) is 19.9. The first-order valence-corrected chi connectivity index (χ1v) is 17.8. The molecule has 2 aromatic carbocycles. The van der Waals surface area contributed by atoms with Crippen LogP contribution in [0.5, 0.6) is 11.5 Å². The van der Waals surface area contributed by atoms with E-state index in [0.717, 1.165) is 11.1 Å². The molecule has 0 saturated heterocycles. The van der Waals surface area contributed by atoms with Crippen LogP contribution in [0.15, 0.2) is 65.4 Å². The highest BCUT2D eigenvalue weighted by Gasteiger charge is 2.39. The molecule has 1 aliphatic heterocycles. The summed E-state index contributed by atoms with van der Waals surface area (Å²) in [4.78, 5) is 27.8. The van der Waals surface area contributed by atoms with Gasteiger partial charge in [0.2, 0.25) is 0 Å². The second kappa shape index (κ2) is 13.1. The molecule has 2 N–H and O–H groups in total. The molecule has 1 unspecified atom stereocenters. The van der Waals surface area contributed by atoms with Crippen LogP contribution in [-0.2, 0) is 11.0 Å². The van der Waals surface area contributed by atoms with Crippen LogP contribution in [0.3, 0.4) is 0 Å². The monoisotopic (exact) mass is 608 g/mol. The van der Waals surface area contributed by atoms with Gasteiger partial charge in [-0.25, -0.2) is 4.79 Å². The number of thiophene rings is 1. The predicted octanol–water partition coefficient (Wildman–Crippen LogP) is 7.75. The highest BCUT2D eigenvalue weighted by atomic mass is 32.1. The Morgan fingerprint density at radius 1 is 1.12 bits per heavy atom. The van der Waals surface area contributed by atoms with Crippen LogP contribution >= 0.6 is 11.3 Å². The fourth-order valence-electron chi connectivity index (χ4n) is 4.52. The van der Waals surface area contributed by atoms with Crippen molar-refractivity contribution in [3.8, 4) is 11.5 Å². The summed E-state index contributed by atoms with van der Waals surface area (Å²) in [7, 11) is -0.599. The van der Waals surface area contributed by atoms with E-state index in [2.05, 4.69) is 56.7 Å². The zero-order chi connectivity index (χ0) is 30.5. The Kier molecular flexibility index (Phi) is 9.81. The summed E-state index contributed by atoms with van der Waals surface area (Å²) in [6.45, 7) is 12.0. The average Bonchev–Trinajstić information content (AvgIpc) is 3.49. The molecule has 0 fully saturated rings. The smallest absolute Gasteiger partial charge is 0.409 e. The van der Waals surface area contributed by atoms with Crippen LogP contribution in [0, 0.1) is 0 Å². The molecule has 3 aromatic rings. The summed E-state index contributed by atoms with van der Waals surface area (Å²) in [5, 5.41) is 16.2. The number of amides is 2.